The summed E-state index contributed by atoms with van der Waals surface area (Å²) in [6, 6.07) is 11.8. The summed E-state index contributed by atoms with van der Waals surface area (Å²) in [5, 5.41) is 0. The number of hydrogen-bond acceptors (Lipinski definition) is 1. The molecule has 99 valence electrons. The molecule has 1 aromatic rings. The average molecular weight is 420 g/mol. The van der Waals surface area contributed by atoms with Crippen LogP contribution >= 0.6 is 0 Å². The summed E-state index contributed by atoms with van der Waals surface area (Å²) in [5.74, 6) is 0. The van der Waals surface area contributed by atoms with Crippen molar-refractivity contribution in [3.8, 4) is 0 Å². The molecule has 2 atom stereocenters. The Morgan fingerprint density at radius 1 is 1.17 bits per heavy atom. The molecular weight excluding hydrogens is 398 g/mol. The van der Waals surface area contributed by atoms with Crippen molar-refractivity contribution in [1.29, 1.82) is 0 Å². The van der Waals surface area contributed by atoms with E-state index in [4.69, 9.17) is 0 Å². The molecule has 1 radical (unpaired) electrons. The van der Waals surface area contributed by atoms with Gasteiger partial charge in [-0.05, 0) is 51.6 Å². The maximum atomic E-state index is 3.39. The number of benzene rings is 1. The molecule has 1 saturated carbocycles. The SMILES string of the molecule is CC12[CH+]N(c3[c-]cccc3)C(C)(CCC1)CC2.[Ir]. The van der Waals surface area contributed by atoms with Crippen molar-refractivity contribution in [3.05, 3.63) is 36.9 Å². The van der Waals surface area contributed by atoms with E-state index in [1.807, 2.05) is 12.1 Å². The minimum atomic E-state index is 0. The van der Waals surface area contributed by atoms with Crippen LogP contribution in [0.4, 0.5) is 5.69 Å². The zero-order valence-corrected chi connectivity index (χ0v) is 13.6. The third kappa shape index (κ3) is 2.33. The van der Waals surface area contributed by atoms with Gasteiger partial charge in [0.1, 0.15) is 5.41 Å². The predicted molar refractivity (Wildman–Crippen MR) is 71.7 cm³/mol. The first-order chi connectivity index (χ1) is 8.11. The summed E-state index contributed by atoms with van der Waals surface area (Å²) in [5.41, 5.74) is 1.95. The molecule has 0 spiro atoms. The van der Waals surface area contributed by atoms with Gasteiger partial charge in [0.15, 0.2) is 6.54 Å². The van der Waals surface area contributed by atoms with Crippen molar-refractivity contribution in [3.63, 3.8) is 0 Å². The van der Waals surface area contributed by atoms with Gasteiger partial charge in [0, 0.05) is 20.1 Å². The topological polar surface area (TPSA) is 3.24 Å². The van der Waals surface area contributed by atoms with Gasteiger partial charge in [-0.3, -0.25) is 0 Å². The molecule has 2 bridgehead atoms. The Morgan fingerprint density at radius 2 is 2.00 bits per heavy atom. The van der Waals surface area contributed by atoms with Gasteiger partial charge in [-0.1, -0.05) is 0 Å². The molecular formula is C16H21IrN. The summed E-state index contributed by atoms with van der Waals surface area (Å²) >= 11 is 0. The van der Waals surface area contributed by atoms with Gasteiger partial charge >= 0.3 is 0 Å². The van der Waals surface area contributed by atoms with Gasteiger partial charge in [-0.25, -0.2) is 4.90 Å². The second-order valence-corrected chi connectivity index (χ2v) is 6.25. The smallest absolute Gasteiger partial charge is 0.187 e. The summed E-state index contributed by atoms with van der Waals surface area (Å²) in [6.07, 6.45) is 6.65. The second-order valence-electron chi connectivity index (χ2n) is 6.25. The van der Waals surface area contributed by atoms with Gasteiger partial charge in [0.05, 0.1) is 5.54 Å². The zero-order chi connectivity index (χ0) is 11.9. The van der Waals surface area contributed by atoms with Crippen molar-refractivity contribution in [2.45, 2.75) is 51.5 Å². The largest absolute Gasteiger partial charge is 0.233 e. The number of fused-ring (bicyclic) bond motifs is 4. The van der Waals surface area contributed by atoms with Crippen LogP contribution in [0.15, 0.2) is 24.3 Å². The maximum Gasteiger partial charge on any atom is 0.187 e. The molecule has 2 heteroatoms. The molecule has 0 N–H and O–H groups in total. The van der Waals surface area contributed by atoms with E-state index in [9.17, 15) is 0 Å². The fraction of sp³-hybridized carbons (Fsp3) is 0.562. The molecule has 2 unspecified atom stereocenters. The summed E-state index contributed by atoms with van der Waals surface area (Å²) in [6.45, 7) is 7.30. The van der Waals surface area contributed by atoms with Gasteiger partial charge in [-0.15, -0.1) is 6.07 Å². The van der Waals surface area contributed by atoms with Crippen LogP contribution in [-0.4, -0.2) is 5.54 Å². The van der Waals surface area contributed by atoms with E-state index in [0.717, 1.165) is 0 Å². The fourth-order valence-corrected chi connectivity index (χ4v) is 3.41. The van der Waals surface area contributed by atoms with Crippen molar-refractivity contribution in [2.24, 2.45) is 5.41 Å². The molecule has 1 nitrogen and oxygen atoms in total. The van der Waals surface area contributed by atoms with E-state index in [0.29, 0.717) is 11.0 Å². The molecule has 0 amide bonds. The van der Waals surface area contributed by atoms with E-state index in [2.05, 4.69) is 43.5 Å². The van der Waals surface area contributed by atoms with E-state index in [1.54, 1.807) is 0 Å². The van der Waals surface area contributed by atoms with Crippen LogP contribution in [0.3, 0.4) is 0 Å². The third-order valence-electron chi connectivity index (χ3n) is 4.67. The van der Waals surface area contributed by atoms with E-state index in [-0.39, 0.29) is 20.1 Å². The Bertz CT molecular complexity index is 405. The molecule has 3 fully saturated rings. The maximum absolute atomic E-state index is 3.39. The number of hydrogen-bond donors (Lipinski definition) is 0. The molecule has 3 aliphatic rings. The van der Waals surface area contributed by atoms with Crippen LogP contribution < -0.4 is 4.90 Å². The summed E-state index contributed by atoms with van der Waals surface area (Å²) in [7, 11) is 0. The monoisotopic (exact) mass is 420 g/mol. The molecule has 1 aromatic carbocycles. The fourth-order valence-electron chi connectivity index (χ4n) is 3.41. The van der Waals surface area contributed by atoms with Gasteiger partial charge in [0.2, 0.25) is 0 Å². The van der Waals surface area contributed by atoms with E-state index in [1.165, 1.54) is 37.8 Å². The predicted octanol–water partition coefficient (Wildman–Crippen LogP) is 4.20. The molecule has 2 aliphatic heterocycles. The Kier molecular flexibility index (Phi) is 3.80. The molecule has 2 saturated heterocycles. The summed E-state index contributed by atoms with van der Waals surface area (Å²) in [4.78, 5) is 2.50. The van der Waals surface area contributed by atoms with Crippen molar-refractivity contribution >= 4 is 5.69 Å². The average Bonchev–Trinajstić information content (AvgIpc) is 2.56. The Hall–Kier alpha value is -0.461. The molecule has 0 aromatic heterocycles. The first-order valence-corrected chi connectivity index (χ1v) is 6.74. The van der Waals surface area contributed by atoms with Crippen LogP contribution in [0.2, 0.25) is 0 Å². The Balaban J connectivity index is 0.00000120. The van der Waals surface area contributed by atoms with Crippen molar-refractivity contribution < 1.29 is 20.1 Å². The van der Waals surface area contributed by atoms with Crippen LogP contribution in [0.5, 0.6) is 0 Å². The van der Waals surface area contributed by atoms with E-state index < -0.39 is 0 Å². The number of rotatable bonds is 1. The van der Waals surface area contributed by atoms with E-state index >= 15 is 0 Å². The summed E-state index contributed by atoms with van der Waals surface area (Å²) < 4.78 is 0. The second kappa shape index (κ2) is 4.90. The van der Waals surface area contributed by atoms with Crippen molar-refractivity contribution in [2.75, 3.05) is 4.90 Å². The van der Waals surface area contributed by atoms with Crippen LogP contribution in [-0.2, 0) is 20.1 Å². The Morgan fingerprint density at radius 3 is 2.72 bits per heavy atom. The van der Waals surface area contributed by atoms with Crippen LogP contribution in [0, 0.1) is 18.0 Å². The quantitative estimate of drug-likeness (QED) is 0.617. The van der Waals surface area contributed by atoms with Gasteiger partial charge < -0.3 is 0 Å². The normalized spacial score (nSPS) is 34.4. The first kappa shape index (κ1) is 14.0. The molecule has 18 heavy (non-hydrogen) atoms. The third-order valence-corrected chi connectivity index (χ3v) is 4.67. The molecule has 1 aliphatic carbocycles. The number of piperidine rings is 1. The zero-order valence-electron chi connectivity index (χ0n) is 11.2. The standard InChI is InChI=1S/C16H21N.Ir/c1-15-9-6-10-16(2,12-11-15)17(13-15)14-7-4-3-5-8-14;/h3-5,7,13H,6,9-12H2,1-2H3;. The first-order valence-electron chi connectivity index (χ1n) is 6.74. The number of nitrogens with zero attached hydrogens (tertiary/aromatic N) is 1. The minimum Gasteiger partial charge on any atom is -0.233 e. The number of para-hydroxylation sites is 1. The van der Waals surface area contributed by atoms with Gasteiger partial charge in [0.25, 0.3) is 0 Å². The van der Waals surface area contributed by atoms with Crippen LogP contribution in [0.1, 0.15) is 46.0 Å². The molecule has 2 heterocycles. The molecule has 4 rings (SSSR count). The van der Waals surface area contributed by atoms with Crippen LogP contribution in [0.25, 0.3) is 0 Å². The minimum absolute atomic E-state index is 0. The van der Waals surface area contributed by atoms with Gasteiger partial charge in [-0.2, -0.15) is 24.3 Å². The van der Waals surface area contributed by atoms with Crippen molar-refractivity contribution in [1.82, 2.24) is 0 Å². The number of anilines is 1. The Labute approximate surface area is 124 Å².